The zero-order valence-electron chi connectivity index (χ0n) is 13.4. The minimum Gasteiger partial charge on any atom is -0.444 e. The van der Waals surface area contributed by atoms with Gasteiger partial charge in [0.05, 0.1) is 11.8 Å². The number of fused-ring (bicyclic) bond motifs is 1. The van der Waals surface area contributed by atoms with Crippen molar-refractivity contribution in [3.63, 3.8) is 0 Å². The molecule has 0 fully saturated rings. The van der Waals surface area contributed by atoms with Crippen molar-refractivity contribution in [2.75, 3.05) is 5.32 Å². The normalized spacial score (nSPS) is 10.9. The fraction of sp³-hybridized carbons (Fsp3) is 0.222. The molecule has 1 N–H and O–H groups in total. The van der Waals surface area contributed by atoms with E-state index in [0.29, 0.717) is 11.3 Å². The third-order valence-corrected chi connectivity index (χ3v) is 2.91. The van der Waals surface area contributed by atoms with Gasteiger partial charge in [-0.1, -0.05) is 18.7 Å². The molecule has 0 atom stereocenters. The Kier molecular flexibility index (Phi) is 4.69. The summed E-state index contributed by atoms with van der Waals surface area (Å²) in [5, 5.41) is 4.41. The number of anilines is 1. The number of rotatable bonds is 3. The topological polar surface area (TPSA) is 64.6 Å². The van der Waals surface area contributed by atoms with E-state index in [1.165, 1.54) is 0 Å². The van der Waals surface area contributed by atoms with Crippen LogP contribution in [0.15, 0.2) is 49.2 Å². The standard InChI is InChI=1S/C18H19NO4/c1-5-22-16(20)13-7-6-12-8-9-15(11-14(12)10-13)19-17(21)23-18(2,3)4/h5-11H,1H2,2-4H3,(H,19,21). The van der Waals surface area contributed by atoms with Gasteiger partial charge in [0.15, 0.2) is 0 Å². The molecule has 5 heteroatoms. The highest BCUT2D eigenvalue weighted by molar-refractivity contribution is 5.97. The predicted molar refractivity (Wildman–Crippen MR) is 89.4 cm³/mol. The molecule has 0 unspecified atom stereocenters. The van der Waals surface area contributed by atoms with Gasteiger partial charge in [-0.25, -0.2) is 9.59 Å². The first kappa shape index (κ1) is 16.5. The molecular weight excluding hydrogens is 294 g/mol. The Labute approximate surface area is 134 Å². The highest BCUT2D eigenvalue weighted by Crippen LogP contribution is 2.22. The van der Waals surface area contributed by atoms with Gasteiger partial charge >= 0.3 is 12.1 Å². The maximum absolute atomic E-state index is 11.8. The number of carbonyl (C=O) groups excluding carboxylic acids is 2. The lowest BCUT2D eigenvalue weighted by Gasteiger charge is -2.19. The summed E-state index contributed by atoms with van der Waals surface area (Å²) in [7, 11) is 0. The lowest BCUT2D eigenvalue weighted by Crippen LogP contribution is -2.27. The van der Waals surface area contributed by atoms with Crippen LogP contribution in [-0.4, -0.2) is 17.7 Å². The highest BCUT2D eigenvalue weighted by atomic mass is 16.6. The minimum atomic E-state index is -0.567. The Bertz CT molecular complexity index is 759. The summed E-state index contributed by atoms with van der Waals surface area (Å²) in [5.74, 6) is -0.479. The first-order valence-electron chi connectivity index (χ1n) is 7.14. The van der Waals surface area contributed by atoms with Gasteiger partial charge in [0.2, 0.25) is 0 Å². The Morgan fingerprint density at radius 3 is 2.43 bits per heavy atom. The molecular formula is C18H19NO4. The van der Waals surface area contributed by atoms with Crippen molar-refractivity contribution in [3.8, 4) is 0 Å². The van der Waals surface area contributed by atoms with E-state index in [0.717, 1.165) is 17.0 Å². The minimum absolute atomic E-state index is 0.409. The Balaban J connectivity index is 2.24. The van der Waals surface area contributed by atoms with E-state index >= 15 is 0 Å². The van der Waals surface area contributed by atoms with Crippen LogP contribution in [0.4, 0.5) is 10.5 Å². The molecule has 0 saturated heterocycles. The quantitative estimate of drug-likeness (QED) is 0.670. The van der Waals surface area contributed by atoms with E-state index in [4.69, 9.17) is 9.47 Å². The zero-order chi connectivity index (χ0) is 17.0. The number of hydrogen-bond acceptors (Lipinski definition) is 4. The van der Waals surface area contributed by atoms with Crippen molar-refractivity contribution in [2.45, 2.75) is 26.4 Å². The van der Waals surface area contributed by atoms with Crippen molar-refractivity contribution >= 4 is 28.5 Å². The molecule has 0 spiro atoms. The van der Waals surface area contributed by atoms with Gasteiger partial charge in [-0.05, 0) is 55.8 Å². The van der Waals surface area contributed by atoms with Crippen LogP contribution in [-0.2, 0) is 9.47 Å². The van der Waals surface area contributed by atoms with Gasteiger partial charge in [0, 0.05) is 5.69 Å². The van der Waals surface area contributed by atoms with Gasteiger partial charge in [0.1, 0.15) is 5.60 Å². The smallest absolute Gasteiger partial charge is 0.412 e. The van der Waals surface area contributed by atoms with Crippen molar-refractivity contribution in [1.82, 2.24) is 0 Å². The second kappa shape index (κ2) is 6.52. The SMILES string of the molecule is C=COC(=O)c1ccc2ccc(NC(=O)OC(C)(C)C)cc2c1. The molecule has 0 aliphatic carbocycles. The Morgan fingerprint density at radius 2 is 1.78 bits per heavy atom. The van der Waals surface area contributed by atoms with Crippen LogP contribution in [0.25, 0.3) is 10.8 Å². The highest BCUT2D eigenvalue weighted by Gasteiger charge is 2.16. The predicted octanol–water partition coefficient (Wildman–Crippen LogP) is 4.49. The van der Waals surface area contributed by atoms with Gasteiger partial charge < -0.3 is 9.47 Å². The first-order valence-corrected chi connectivity index (χ1v) is 7.14. The van der Waals surface area contributed by atoms with E-state index in [2.05, 4.69) is 11.9 Å². The van der Waals surface area contributed by atoms with Crippen molar-refractivity contribution in [2.24, 2.45) is 0 Å². The number of hydrogen-bond donors (Lipinski definition) is 1. The number of carbonyl (C=O) groups is 2. The molecule has 0 aliphatic heterocycles. The number of benzene rings is 2. The zero-order valence-corrected chi connectivity index (χ0v) is 13.4. The van der Waals surface area contributed by atoms with E-state index in [1.54, 1.807) is 45.0 Å². The fourth-order valence-corrected chi connectivity index (χ4v) is 2.02. The van der Waals surface area contributed by atoms with Crippen molar-refractivity contribution in [1.29, 1.82) is 0 Å². The monoisotopic (exact) mass is 313 g/mol. The summed E-state index contributed by atoms with van der Waals surface area (Å²) >= 11 is 0. The van der Waals surface area contributed by atoms with Crippen LogP contribution in [0, 0.1) is 0 Å². The van der Waals surface area contributed by atoms with Crippen molar-refractivity contribution in [3.05, 3.63) is 54.8 Å². The summed E-state index contributed by atoms with van der Waals surface area (Å²) in [4.78, 5) is 23.5. The molecule has 1 amide bonds. The molecule has 0 aromatic heterocycles. The molecule has 5 nitrogen and oxygen atoms in total. The molecule has 2 aromatic rings. The Morgan fingerprint density at radius 1 is 1.09 bits per heavy atom. The summed E-state index contributed by atoms with van der Waals surface area (Å²) < 4.78 is 9.97. The van der Waals surface area contributed by atoms with Crippen LogP contribution in [0.2, 0.25) is 0 Å². The summed E-state index contributed by atoms with van der Waals surface area (Å²) in [6.45, 7) is 8.75. The molecule has 0 bridgehead atoms. The first-order chi connectivity index (χ1) is 10.8. The van der Waals surface area contributed by atoms with E-state index in [-0.39, 0.29) is 0 Å². The van der Waals surface area contributed by atoms with E-state index in [1.807, 2.05) is 12.1 Å². The molecule has 0 radical (unpaired) electrons. The van der Waals surface area contributed by atoms with Gasteiger partial charge in [-0.15, -0.1) is 0 Å². The molecule has 2 aromatic carbocycles. The number of amides is 1. The third-order valence-electron chi connectivity index (χ3n) is 2.91. The van der Waals surface area contributed by atoms with Crippen LogP contribution < -0.4 is 5.32 Å². The van der Waals surface area contributed by atoms with Crippen LogP contribution >= 0.6 is 0 Å². The number of esters is 1. The summed E-state index contributed by atoms with van der Waals surface area (Å²) in [5.41, 5.74) is 0.426. The summed E-state index contributed by atoms with van der Waals surface area (Å²) in [6.07, 6.45) is 0.562. The molecule has 0 heterocycles. The van der Waals surface area contributed by atoms with Gasteiger partial charge in [-0.2, -0.15) is 0 Å². The second-order valence-corrected chi connectivity index (χ2v) is 5.98. The number of nitrogens with one attached hydrogen (secondary N) is 1. The third kappa shape index (κ3) is 4.57. The maximum Gasteiger partial charge on any atom is 0.412 e. The van der Waals surface area contributed by atoms with Gasteiger partial charge in [-0.3, -0.25) is 5.32 Å². The molecule has 23 heavy (non-hydrogen) atoms. The second-order valence-electron chi connectivity index (χ2n) is 5.98. The number of ether oxygens (including phenoxy) is 2. The lowest BCUT2D eigenvalue weighted by molar-refractivity contribution is 0.0632. The van der Waals surface area contributed by atoms with Gasteiger partial charge in [0.25, 0.3) is 0 Å². The van der Waals surface area contributed by atoms with E-state index in [9.17, 15) is 9.59 Å². The average molecular weight is 313 g/mol. The molecule has 120 valence electrons. The molecule has 2 rings (SSSR count). The molecule has 0 aliphatic rings. The van der Waals surface area contributed by atoms with Crippen LogP contribution in [0.5, 0.6) is 0 Å². The van der Waals surface area contributed by atoms with Crippen LogP contribution in [0.3, 0.4) is 0 Å². The largest absolute Gasteiger partial charge is 0.444 e. The maximum atomic E-state index is 11.8. The Hall–Kier alpha value is -2.82. The lowest BCUT2D eigenvalue weighted by atomic mass is 10.1. The van der Waals surface area contributed by atoms with E-state index < -0.39 is 17.7 Å². The fourth-order valence-electron chi connectivity index (χ4n) is 2.02. The molecule has 0 saturated carbocycles. The van der Waals surface area contributed by atoms with Crippen molar-refractivity contribution < 1.29 is 19.1 Å². The summed E-state index contributed by atoms with van der Waals surface area (Å²) in [6, 6.07) is 10.6. The average Bonchev–Trinajstić information content (AvgIpc) is 2.44. The van der Waals surface area contributed by atoms with Crippen LogP contribution in [0.1, 0.15) is 31.1 Å².